The Morgan fingerprint density at radius 1 is 0.919 bits per heavy atom. The summed E-state index contributed by atoms with van der Waals surface area (Å²) >= 11 is 0. The van der Waals surface area contributed by atoms with Crippen molar-refractivity contribution in [3.8, 4) is 0 Å². The molecule has 1 aliphatic heterocycles. The Morgan fingerprint density at radius 2 is 1.43 bits per heavy atom. The molecule has 0 unspecified atom stereocenters. The minimum absolute atomic E-state index is 0.0157. The number of benzene rings is 3. The average Bonchev–Trinajstić information content (AvgIpc) is 3.31. The van der Waals surface area contributed by atoms with Crippen molar-refractivity contribution >= 4 is 0 Å². The van der Waals surface area contributed by atoms with Gasteiger partial charge in [-0.15, -0.1) is 0 Å². The second kappa shape index (κ2) is 10.7. The molecule has 6 nitrogen and oxygen atoms in total. The summed E-state index contributed by atoms with van der Waals surface area (Å²) in [6, 6.07) is 29.5. The van der Waals surface area contributed by atoms with Crippen molar-refractivity contribution in [3.05, 3.63) is 140 Å². The van der Waals surface area contributed by atoms with E-state index in [1.165, 1.54) is 10.8 Å². The highest BCUT2D eigenvalue weighted by atomic mass is 19.1. The normalized spacial score (nSPS) is 19.7. The summed E-state index contributed by atoms with van der Waals surface area (Å²) in [7, 11) is 0. The molecule has 37 heavy (non-hydrogen) atoms. The fourth-order valence-corrected chi connectivity index (χ4v) is 4.98. The van der Waals surface area contributed by atoms with E-state index in [-0.39, 0.29) is 13.0 Å². The van der Waals surface area contributed by atoms with Crippen LogP contribution in [-0.2, 0) is 21.5 Å². The lowest BCUT2D eigenvalue weighted by atomic mass is 9.80. The van der Waals surface area contributed by atoms with Gasteiger partial charge in [0.1, 0.15) is 24.1 Å². The van der Waals surface area contributed by atoms with Gasteiger partial charge < -0.3 is 9.47 Å². The van der Waals surface area contributed by atoms with E-state index in [9.17, 15) is 9.59 Å². The van der Waals surface area contributed by atoms with Crippen molar-refractivity contribution in [2.75, 3.05) is 6.61 Å². The first-order chi connectivity index (χ1) is 18.0. The molecule has 4 aromatic rings. The zero-order valence-corrected chi connectivity index (χ0v) is 20.5. The van der Waals surface area contributed by atoms with E-state index < -0.39 is 35.4 Å². The molecule has 1 fully saturated rings. The zero-order chi connectivity index (χ0) is 25.8. The van der Waals surface area contributed by atoms with Gasteiger partial charge in [-0.25, -0.2) is 9.18 Å². The molecular weight excluding hydrogens is 471 g/mol. The summed E-state index contributed by atoms with van der Waals surface area (Å²) in [5.74, 6) is 0. The van der Waals surface area contributed by atoms with Crippen LogP contribution < -0.4 is 11.2 Å². The Bertz CT molecular complexity index is 1340. The standard InChI is InChI=1S/C30H29FN2O4/c1-2-21-19-33(29(35)32-28(21)34)27-18-25(31)26(37-27)20-36-30(22-12-6-3-7-13-22,23-14-8-4-9-15-23)24-16-10-5-11-17-24/h3-17,19,25-27H,2,18,20H2,1H3,(H,32,34,35)/t25-,26+,27+/m0/s1. The Labute approximate surface area is 214 Å². The summed E-state index contributed by atoms with van der Waals surface area (Å²) in [5, 5.41) is 0. The lowest BCUT2D eigenvalue weighted by Crippen LogP contribution is -2.37. The lowest BCUT2D eigenvalue weighted by Gasteiger charge is -2.36. The first-order valence-corrected chi connectivity index (χ1v) is 12.5. The van der Waals surface area contributed by atoms with Crippen LogP contribution in [0.2, 0.25) is 0 Å². The van der Waals surface area contributed by atoms with Crippen LogP contribution in [0.5, 0.6) is 0 Å². The molecule has 2 heterocycles. The highest BCUT2D eigenvalue weighted by Crippen LogP contribution is 2.41. The zero-order valence-electron chi connectivity index (χ0n) is 20.5. The van der Waals surface area contributed by atoms with Gasteiger partial charge in [0.05, 0.1) is 6.61 Å². The number of aromatic amines is 1. The maximum absolute atomic E-state index is 15.3. The molecule has 7 heteroatoms. The predicted molar refractivity (Wildman–Crippen MR) is 139 cm³/mol. The van der Waals surface area contributed by atoms with Crippen LogP contribution in [0.4, 0.5) is 4.39 Å². The second-order valence-corrected chi connectivity index (χ2v) is 9.15. The Balaban J connectivity index is 1.49. The molecule has 0 aliphatic carbocycles. The highest BCUT2D eigenvalue weighted by molar-refractivity contribution is 5.47. The maximum atomic E-state index is 15.3. The number of nitrogens with zero attached hydrogens (tertiary/aromatic N) is 1. The number of hydrogen-bond donors (Lipinski definition) is 1. The average molecular weight is 501 g/mol. The van der Waals surface area contributed by atoms with E-state index >= 15 is 4.39 Å². The van der Waals surface area contributed by atoms with Crippen molar-refractivity contribution < 1.29 is 13.9 Å². The molecule has 1 aromatic heterocycles. The molecular formula is C30H29FN2O4. The quantitative estimate of drug-likeness (QED) is 0.355. The van der Waals surface area contributed by atoms with Crippen LogP contribution in [0, 0.1) is 0 Å². The third-order valence-electron chi connectivity index (χ3n) is 6.90. The monoisotopic (exact) mass is 500 g/mol. The molecule has 1 aliphatic rings. The van der Waals surface area contributed by atoms with Crippen LogP contribution in [0.25, 0.3) is 0 Å². The molecule has 3 aromatic carbocycles. The van der Waals surface area contributed by atoms with Gasteiger partial charge in [-0.2, -0.15) is 0 Å². The van der Waals surface area contributed by atoms with Gasteiger partial charge in [0.15, 0.2) is 0 Å². The molecule has 190 valence electrons. The van der Waals surface area contributed by atoms with E-state index in [1.807, 2.05) is 97.9 Å². The van der Waals surface area contributed by atoms with Crippen molar-refractivity contribution in [3.63, 3.8) is 0 Å². The molecule has 1 saturated heterocycles. The molecule has 0 amide bonds. The van der Waals surface area contributed by atoms with Crippen molar-refractivity contribution in [2.45, 2.75) is 43.9 Å². The Hall–Kier alpha value is -3.81. The van der Waals surface area contributed by atoms with Crippen LogP contribution in [0.15, 0.2) is 107 Å². The molecule has 0 saturated carbocycles. The number of rotatable bonds is 8. The first-order valence-electron chi connectivity index (χ1n) is 12.5. The number of alkyl halides is 1. The van der Waals surface area contributed by atoms with E-state index in [4.69, 9.17) is 9.47 Å². The molecule has 0 bridgehead atoms. The number of aromatic nitrogens is 2. The fraction of sp³-hybridized carbons (Fsp3) is 0.267. The maximum Gasteiger partial charge on any atom is 0.330 e. The molecule has 3 atom stereocenters. The number of nitrogens with one attached hydrogen (secondary N) is 1. The van der Waals surface area contributed by atoms with Crippen LogP contribution in [0.3, 0.4) is 0 Å². The summed E-state index contributed by atoms with van der Waals surface area (Å²) in [6.45, 7) is 1.77. The van der Waals surface area contributed by atoms with Gasteiger partial charge in [-0.3, -0.25) is 14.3 Å². The smallest absolute Gasteiger partial charge is 0.330 e. The Morgan fingerprint density at radius 3 is 1.92 bits per heavy atom. The number of hydrogen-bond acceptors (Lipinski definition) is 4. The van der Waals surface area contributed by atoms with E-state index in [0.717, 1.165) is 16.7 Å². The van der Waals surface area contributed by atoms with E-state index in [2.05, 4.69) is 4.98 Å². The lowest BCUT2D eigenvalue weighted by molar-refractivity contribution is -0.0868. The fourth-order valence-electron chi connectivity index (χ4n) is 4.98. The van der Waals surface area contributed by atoms with Crippen LogP contribution in [-0.4, -0.2) is 28.4 Å². The largest absolute Gasteiger partial charge is 0.358 e. The molecule has 5 rings (SSSR count). The predicted octanol–water partition coefficient (Wildman–Crippen LogP) is 4.73. The van der Waals surface area contributed by atoms with E-state index in [1.54, 1.807) is 0 Å². The summed E-state index contributed by atoms with van der Waals surface area (Å²) in [6.07, 6.45) is -1.19. The van der Waals surface area contributed by atoms with Gasteiger partial charge in [0, 0.05) is 18.2 Å². The summed E-state index contributed by atoms with van der Waals surface area (Å²) < 4.78 is 29.3. The van der Waals surface area contributed by atoms with Gasteiger partial charge >= 0.3 is 5.69 Å². The van der Waals surface area contributed by atoms with Crippen molar-refractivity contribution in [1.29, 1.82) is 0 Å². The van der Waals surface area contributed by atoms with Gasteiger partial charge in [-0.05, 0) is 23.1 Å². The van der Waals surface area contributed by atoms with Crippen LogP contribution >= 0.6 is 0 Å². The van der Waals surface area contributed by atoms with Crippen LogP contribution in [0.1, 0.15) is 41.8 Å². The molecule has 1 N–H and O–H groups in total. The van der Waals surface area contributed by atoms with Gasteiger partial charge in [0.2, 0.25) is 0 Å². The van der Waals surface area contributed by atoms with Gasteiger partial charge in [0.25, 0.3) is 5.56 Å². The number of ether oxygens (including phenoxy) is 2. The topological polar surface area (TPSA) is 73.3 Å². The van der Waals surface area contributed by atoms with Crippen molar-refractivity contribution in [2.24, 2.45) is 0 Å². The number of halogens is 1. The summed E-state index contributed by atoms with van der Waals surface area (Å²) in [5.41, 5.74) is 1.10. The van der Waals surface area contributed by atoms with Gasteiger partial charge in [-0.1, -0.05) is 97.9 Å². The minimum Gasteiger partial charge on any atom is -0.358 e. The molecule has 0 spiro atoms. The third kappa shape index (κ3) is 4.80. The van der Waals surface area contributed by atoms with E-state index in [0.29, 0.717) is 12.0 Å². The number of H-pyrrole nitrogens is 1. The highest BCUT2D eigenvalue weighted by Gasteiger charge is 2.42. The second-order valence-electron chi connectivity index (χ2n) is 9.15. The minimum atomic E-state index is -1.35. The first kappa shape index (κ1) is 24.9. The molecule has 0 radical (unpaired) electrons. The SMILES string of the molecule is CCc1cn([C@H]2C[C@H](F)[C@@H](COC(c3ccccc3)(c3ccccc3)c3ccccc3)O2)c(=O)[nH]c1=O. The Kier molecular flexibility index (Phi) is 7.17. The summed E-state index contributed by atoms with van der Waals surface area (Å²) in [4.78, 5) is 26.7. The third-order valence-corrected chi connectivity index (χ3v) is 6.90. The number of aryl methyl sites for hydroxylation is 1. The van der Waals surface area contributed by atoms with Crippen molar-refractivity contribution in [1.82, 2.24) is 9.55 Å².